The molecule has 2 rings (SSSR count). The highest BCUT2D eigenvalue weighted by Gasteiger charge is 2.00. The zero-order chi connectivity index (χ0) is 11.4. The van der Waals surface area contributed by atoms with Crippen molar-refractivity contribution in [2.75, 3.05) is 5.32 Å². The maximum Gasteiger partial charge on any atom is 0.250 e. The SMILES string of the molecule is Cc1nc(C=CC(=O)Nc2ncn[nH]2)cs1. The third kappa shape index (κ3) is 2.74. The number of nitrogens with zero attached hydrogens (tertiary/aromatic N) is 3. The molecule has 0 aromatic carbocycles. The summed E-state index contributed by atoms with van der Waals surface area (Å²) < 4.78 is 0. The van der Waals surface area contributed by atoms with Gasteiger partial charge in [-0.3, -0.25) is 10.1 Å². The van der Waals surface area contributed by atoms with Gasteiger partial charge in [-0.15, -0.1) is 11.3 Å². The van der Waals surface area contributed by atoms with Gasteiger partial charge in [0.15, 0.2) is 0 Å². The topological polar surface area (TPSA) is 83.6 Å². The van der Waals surface area contributed by atoms with Gasteiger partial charge in [-0.2, -0.15) is 10.1 Å². The number of aromatic amines is 1. The molecule has 0 aliphatic rings. The molecule has 6 nitrogen and oxygen atoms in total. The van der Waals surface area contributed by atoms with Crippen molar-refractivity contribution in [1.29, 1.82) is 0 Å². The molecule has 0 saturated heterocycles. The Kier molecular flexibility index (Phi) is 3.06. The van der Waals surface area contributed by atoms with Crippen LogP contribution in [0.1, 0.15) is 10.7 Å². The largest absolute Gasteiger partial charge is 0.291 e. The van der Waals surface area contributed by atoms with Gasteiger partial charge in [0.2, 0.25) is 5.95 Å². The molecule has 0 aliphatic carbocycles. The number of hydrogen-bond acceptors (Lipinski definition) is 5. The summed E-state index contributed by atoms with van der Waals surface area (Å²) in [5, 5.41) is 11.5. The minimum absolute atomic E-state index is 0.276. The van der Waals surface area contributed by atoms with Gasteiger partial charge in [0.05, 0.1) is 10.7 Å². The number of aromatic nitrogens is 4. The molecule has 0 fully saturated rings. The lowest BCUT2D eigenvalue weighted by Gasteiger charge is -1.93. The monoisotopic (exact) mass is 235 g/mol. The summed E-state index contributed by atoms with van der Waals surface area (Å²) in [6.45, 7) is 1.91. The van der Waals surface area contributed by atoms with Crippen LogP contribution in [-0.2, 0) is 4.79 Å². The average Bonchev–Trinajstić information content (AvgIpc) is 2.87. The van der Waals surface area contributed by atoms with Gasteiger partial charge in [-0.05, 0) is 13.0 Å². The quantitative estimate of drug-likeness (QED) is 0.783. The number of carbonyl (C=O) groups excluding carboxylic acids is 1. The minimum Gasteiger partial charge on any atom is -0.291 e. The van der Waals surface area contributed by atoms with E-state index in [-0.39, 0.29) is 5.91 Å². The van der Waals surface area contributed by atoms with Gasteiger partial charge < -0.3 is 0 Å². The van der Waals surface area contributed by atoms with E-state index in [4.69, 9.17) is 0 Å². The molecule has 0 spiro atoms. The Balaban J connectivity index is 1.94. The predicted molar refractivity (Wildman–Crippen MR) is 60.9 cm³/mol. The van der Waals surface area contributed by atoms with Crippen LogP contribution in [0, 0.1) is 6.92 Å². The van der Waals surface area contributed by atoms with Crippen molar-refractivity contribution in [2.45, 2.75) is 6.92 Å². The van der Waals surface area contributed by atoms with Crippen molar-refractivity contribution < 1.29 is 4.79 Å². The number of carbonyl (C=O) groups is 1. The Bertz CT molecular complexity index is 502. The van der Waals surface area contributed by atoms with Crippen LogP contribution in [0.3, 0.4) is 0 Å². The lowest BCUT2D eigenvalue weighted by molar-refractivity contribution is -0.111. The highest BCUT2D eigenvalue weighted by Crippen LogP contribution is 2.09. The fraction of sp³-hybridized carbons (Fsp3) is 0.111. The molecule has 82 valence electrons. The molecule has 0 bridgehead atoms. The molecule has 0 atom stereocenters. The van der Waals surface area contributed by atoms with Crippen molar-refractivity contribution in [1.82, 2.24) is 20.2 Å². The number of aryl methyl sites for hydroxylation is 1. The Morgan fingerprint density at radius 2 is 2.50 bits per heavy atom. The molecule has 2 N–H and O–H groups in total. The number of nitrogens with one attached hydrogen (secondary N) is 2. The fourth-order valence-corrected chi connectivity index (χ4v) is 1.62. The minimum atomic E-state index is -0.276. The summed E-state index contributed by atoms with van der Waals surface area (Å²) in [7, 11) is 0. The standard InChI is InChI=1S/C9H9N5OS/c1-6-12-7(4-16-6)2-3-8(15)13-9-10-5-11-14-9/h2-5H,1H3,(H2,10,11,13,14,15). The van der Waals surface area contributed by atoms with Crippen molar-refractivity contribution >= 4 is 29.3 Å². The maximum atomic E-state index is 11.4. The van der Waals surface area contributed by atoms with Crippen LogP contribution in [0.4, 0.5) is 5.95 Å². The first-order valence-corrected chi connectivity index (χ1v) is 5.38. The van der Waals surface area contributed by atoms with Gasteiger partial charge in [0.1, 0.15) is 6.33 Å². The molecule has 2 aromatic heterocycles. The van der Waals surface area contributed by atoms with Crippen molar-refractivity contribution in [3.05, 3.63) is 28.5 Å². The highest BCUT2D eigenvalue weighted by molar-refractivity contribution is 7.09. The first-order chi connectivity index (χ1) is 7.74. The Labute approximate surface area is 95.4 Å². The summed E-state index contributed by atoms with van der Waals surface area (Å²) >= 11 is 1.54. The number of H-pyrrole nitrogens is 1. The Hall–Kier alpha value is -2.02. The second-order valence-electron chi connectivity index (χ2n) is 2.95. The van der Waals surface area contributed by atoms with E-state index >= 15 is 0 Å². The van der Waals surface area contributed by atoms with E-state index in [1.165, 1.54) is 23.7 Å². The predicted octanol–water partition coefficient (Wildman–Crippen LogP) is 1.22. The summed E-state index contributed by atoms with van der Waals surface area (Å²) in [6.07, 6.45) is 4.37. The number of thiazole rings is 1. The first-order valence-electron chi connectivity index (χ1n) is 4.50. The third-order valence-corrected chi connectivity index (χ3v) is 2.49. The highest BCUT2D eigenvalue weighted by atomic mass is 32.1. The van der Waals surface area contributed by atoms with Gasteiger partial charge in [-0.1, -0.05) is 0 Å². The number of anilines is 1. The van der Waals surface area contributed by atoms with Crippen LogP contribution in [0.5, 0.6) is 0 Å². The van der Waals surface area contributed by atoms with E-state index in [0.717, 1.165) is 10.7 Å². The normalized spacial score (nSPS) is 10.8. The second kappa shape index (κ2) is 4.67. The lowest BCUT2D eigenvalue weighted by atomic mass is 10.4. The van der Waals surface area contributed by atoms with Crippen molar-refractivity contribution in [3.63, 3.8) is 0 Å². The summed E-state index contributed by atoms with van der Waals surface area (Å²) in [4.78, 5) is 19.3. The van der Waals surface area contributed by atoms with E-state index < -0.39 is 0 Å². The van der Waals surface area contributed by atoms with Crippen LogP contribution >= 0.6 is 11.3 Å². The van der Waals surface area contributed by atoms with Crippen molar-refractivity contribution in [3.8, 4) is 0 Å². The van der Waals surface area contributed by atoms with Crippen LogP contribution < -0.4 is 5.32 Å². The molecule has 0 radical (unpaired) electrons. The molecule has 0 aliphatic heterocycles. The number of amides is 1. The van der Waals surface area contributed by atoms with Crippen LogP contribution in [0.15, 0.2) is 17.8 Å². The van der Waals surface area contributed by atoms with Crippen LogP contribution in [0.25, 0.3) is 6.08 Å². The first kappa shape index (κ1) is 10.5. The van der Waals surface area contributed by atoms with Gasteiger partial charge >= 0.3 is 0 Å². The zero-order valence-electron chi connectivity index (χ0n) is 8.47. The van der Waals surface area contributed by atoms with E-state index in [2.05, 4.69) is 25.5 Å². The molecule has 2 aromatic rings. The maximum absolute atomic E-state index is 11.4. The Morgan fingerprint density at radius 3 is 3.12 bits per heavy atom. The van der Waals surface area contributed by atoms with Gasteiger partial charge in [0.25, 0.3) is 5.91 Å². The summed E-state index contributed by atoms with van der Waals surface area (Å²) in [6, 6.07) is 0. The number of rotatable bonds is 3. The molecule has 0 saturated carbocycles. The smallest absolute Gasteiger partial charge is 0.250 e. The Morgan fingerprint density at radius 1 is 1.62 bits per heavy atom. The van der Waals surface area contributed by atoms with E-state index in [1.54, 1.807) is 6.08 Å². The molecule has 16 heavy (non-hydrogen) atoms. The molecular weight excluding hydrogens is 226 g/mol. The molecule has 7 heteroatoms. The molecule has 2 heterocycles. The van der Waals surface area contributed by atoms with Crippen LogP contribution in [-0.4, -0.2) is 26.1 Å². The molecular formula is C9H9N5OS. The van der Waals surface area contributed by atoms with Crippen LogP contribution in [0.2, 0.25) is 0 Å². The van der Waals surface area contributed by atoms with Crippen molar-refractivity contribution in [2.24, 2.45) is 0 Å². The van der Waals surface area contributed by atoms with E-state index in [1.807, 2.05) is 12.3 Å². The molecule has 0 unspecified atom stereocenters. The summed E-state index contributed by atoms with van der Waals surface area (Å²) in [5.74, 6) is 0.0477. The number of hydrogen-bond donors (Lipinski definition) is 2. The molecule has 1 amide bonds. The van der Waals surface area contributed by atoms with Gasteiger partial charge in [-0.25, -0.2) is 10.1 Å². The third-order valence-electron chi connectivity index (χ3n) is 1.70. The zero-order valence-corrected chi connectivity index (χ0v) is 9.28. The fourth-order valence-electron chi connectivity index (χ4n) is 1.04. The lowest BCUT2D eigenvalue weighted by Crippen LogP contribution is -2.08. The summed E-state index contributed by atoms with van der Waals surface area (Å²) in [5.41, 5.74) is 0.773. The van der Waals surface area contributed by atoms with Gasteiger partial charge in [0, 0.05) is 11.5 Å². The average molecular weight is 235 g/mol. The van der Waals surface area contributed by atoms with E-state index in [9.17, 15) is 4.79 Å². The van der Waals surface area contributed by atoms with E-state index in [0.29, 0.717) is 5.95 Å². The second-order valence-corrected chi connectivity index (χ2v) is 4.01.